The summed E-state index contributed by atoms with van der Waals surface area (Å²) in [4.78, 5) is 18.8. The second-order valence-corrected chi connectivity index (χ2v) is 8.55. The molecule has 1 aromatic heterocycles. The number of pyridine rings is 1. The first-order chi connectivity index (χ1) is 13.6. The Morgan fingerprint density at radius 2 is 1.96 bits per heavy atom. The number of halogens is 2. The van der Waals surface area contributed by atoms with Crippen LogP contribution in [0.4, 0.5) is 10.2 Å². The molecule has 1 N–H and O–H groups in total. The van der Waals surface area contributed by atoms with Crippen LogP contribution in [-0.4, -0.2) is 54.3 Å². The third kappa shape index (κ3) is 3.49. The van der Waals surface area contributed by atoms with E-state index in [1.165, 1.54) is 0 Å². The number of amides is 1. The summed E-state index contributed by atoms with van der Waals surface area (Å²) in [6.45, 7) is 3.84. The number of fused-ring (bicyclic) bond motifs is 1. The van der Waals surface area contributed by atoms with Crippen LogP contribution < -0.4 is 5.32 Å². The van der Waals surface area contributed by atoms with Crippen LogP contribution in [0.2, 0.25) is 5.02 Å². The summed E-state index contributed by atoms with van der Waals surface area (Å²) in [6.07, 6.45) is 3.17. The molecule has 1 aromatic carbocycles. The molecule has 2 atom stereocenters. The Hall–Kier alpha value is -1.76. The number of rotatable bonds is 4. The normalized spacial score (nSPS) is 26.2. The molecule has 2 aromatic rings. The number of carbonyl (C=O) groups excluding carboxylic acids is 1. The molecule has 2 unspecified atom stereocenters. The summed E-state index contributed by atoms with van der Waals surface area (Å²) in [5.74, 6) is 0.0780. The van der Waals surface area contributed by atoms with Crippen molar-refractivity contribution in [2.75, 3.05) is 31.6 Å². The second kappa shape index (κ2) is 7.25. The number of nitrogens with one attached hydrogen (secondary N) is 1. The zero-order chi connectivity index (χ0) is 19.3. The summed E-state index contributed by atoms with van der Waals surface area (Å²) < 4.78 is 18.4. The number of hydrogen-bond acceptors (Lipinski definition) is 4. The third-order valence-corrected chi connectivity index (χ3v) is 6.57. The molecular formula is C21H23ClFN3O2. The van der Waals surface area contributed by atoms with Crippen molar-refractivity contribution < 1.29 is 13.9 Å². The maximum absolute atomic E-state index is 13.1. The Balaban J connectivity index is 1.34. The molecule has 148 valence electrons. The van der Waals surface area contributed by atoms with E-state index in [1.54, 1.807) is 6.20 Å². The molecule has 1 amide bonds. The van der Waals surface area contributed by atoms with Gasteiger partial charge in [0.15, 0.2) is 0 Å². The molecule has 1 aliphatic carbocycles. The summed E-state index contributed by atoms with van der Waals surface area (Å²) in [5.41, 5.74) is 1.16. The topological polar surface area (TPSA) is 54.5 Å². The van der Waals surface area contributed by atoms with Crippen molar-refractivity contribution in [1.29, 1.82) is 0 Å². The molecular weight excluding hydrogens is 381 g/mol. The van der Waals surface area contributed by atoms with Crippen LogP contribution >= 0.6 is 11.6 Å². The van der Waals surface area contributed by atoms with Gasteiger partial charge >= 0.3 is 0 Å². The van der Waals surface area contributed by atoms with Gasteiger partial charge in [0.1, 0.15) is 12.0 Å². The van der Waals surface area contributed by atoms with Crippen molar-refractivity contribution in [1.82, 2.24) is 9.88 Å². The summed E-state index contributed by atoms with van der Waals surface area (Å²) in [5, 5.41) is 5.43. The number of ether oxygens (including phenoxy) is 1. The number of likely N-dealkylation sites (tertiary alicyclic amines) is 1. The van der Waals surface area contributed by atoms with E-state index >= 15 is 0 Å². The Labute approximate surface area is 168 Å². The van der Waals surface area contributed by atoms with Gasteiger partial charge in [0, 0.05) is 16.6 Å². The quantitative estimate of drug-likeness (QED) is 0.844. The minimum absolute atomic E-state index is 0.291. The van der Waals surface area contributed by atoms with Crippen LogP contribution in [0, 0.1) is 5.92 Å². The highest BCUT2D eigenvalue weighted by Gasteiger charge is 2.43. The minimum atomic E-state index is -1.01. The van der Waals surface area contributed by atoms with E-state index in [9.17, 15) is 9.18 Å². The number of hydrogen-bond donors (Lipinski definition) is 1. The van der Waals surface area contributed by atoms with Crippen molar-refractivity contribution in [2.24, 2.45) is 5.92 Å². The van der Waals surface area contributed by atoms with Crippen LogP contribution in [0.5, 0.6) is 0 Å². The van der Waals surface area contributed by atoms with Crippen LogP contribution in [0.1, 0.15) is 30.7 Å². The average molecular weight is 404 g/mol. The van der Waals surface area contributed by atoms with Gasteiger partial charge in [0.25, 0.3) is 0 Å². The van der Waals surface area contributed by atoms with Crippen molar-refractivity contribution in [3.8, 4) is 0 Å². The van der Waals surface area contributed by atoms with Gasteiger partial charge in [-0.05, 0) is 67.4 Å². The molecule has 7 heteroatoms. The Morgan fingerprint density at radius 3 is 2.61 bits per heavy atom. The Kier molecular flexibility index (Phi) is 4.73. The maximum atomic E-state index is 13.1. The van der Waals surface area contributed by atoms with Gasteiger partial charge in [-0.3, -0.25) is 9.69 Å². The Bertz CT molecular complexity index is 912. The van der Waals surface area contributed by atoms with Crippen molar-refractivity contribution in [2.45, 2.75) is 37.4 Å². The number of carbonyl (C=O) groups is 1. The summed E-state index contributed by atoms with van der Waals surface area (Å²) >= 11 is 6.59. The highest BCUT2D eigenvalue weighted by atomic mass is 35.5. The fraction of sp³-hybridized carbons (Fsp3) is 0.524. The van der Waals surface area contributed by atoms with E-state index in [0.29, 0.717) is 24.2 Å². The fourth-order valence-electron chi connectivity index (χ4n) is 4.23. The third-order valence-electron chi connectivity index (χ3n) is 6.24. The van der Waals surface area contributed by atoms with Crippen molar-refractivity contribution >= 4 is 34.1 Å². The maximum Gasteiger partial charge on any atom is 0.231 e. The van der Waals surface area contributed by atoms with Gasteiger partial charge in [-0.15, -0.1) is 0 Å². The average Bonchev–Trinajstić information content (AvgIpc) is 3.38. The SMILES string of the molecule is O=C(Nc1cc2cc(C3CCN(C4COC4)CC3)c(Cl)cc2cn1)C1CC1F. The van der Waals surface area contributed by atoms with Gasteiger partial charge in [-0.25, -0.2) is 9.37 Å². The van der Waals surface area contributed by atoms with Crippen LogP contribution in [-0.2, 0) is 9.53 Å². The molecule has 0 bridgehead atoms. The van der Waals surface area contributed by atoms with E-state index in [0.717, 1.165) is 60.5 Å². The summed E-state index contributed by atoms with van der Waals surface area (Å²) in [7, 11) is 0. The predicted molar refractivity (Wildman–Crippen MR) is 107 cm³/mol. The van der Waals surface area contributed by atoms with Gasteiger partial charge in [-0.2, -0.15) is 0 Å². The fourth-order valence-corrected chi connectivity index (χ4v) is 4.55. The first kappa shape index (κ1) is 18.3. The standard InChI is InChI=1S/C21H23ClFN3O2/c22-18-6-14-9-24-20(25-21(27)17-8-19(17)23)7-13(14)5-16(18)12-1-3-26(4-2-12)15-10-28-11-15/h5-7,9,12,15,17,19H,1-4,8,10-11H2,(H,24,25,27). The van der Waals surface area contributed by atoms with E-state index in [4.69, 9.17) is 16.3 Å². The molecule has 5 nitrogen and oxygen atoms in total. The van der Waals surface area contributed by atoms with Crippen molar-refractivity contribution in [3.05, 3.63) is 35.0 Å². The van der Waals surface area contributed by atoms with Gasteiger partial charge in [-0.1, -0.05) is 11.6 Å². The molecule has 0 radical (unpaired) electrons. The molecule has 0 spiro atoms. The number of anilines is 1. The lowest BCUT2D eigenvalue weighted by atomic mass is 9.87. The zero-order valence-corrected chi connectivity index (χ0v) is 16.3. The smallest absolute Gasteiger partial charge is 0.231 e. The zero-order valence-electron chi connectivity index (χ0n) is 15.5. The largest absolute Gasteiger partial charge is 0.378 e. The number of aromatic nitrogens is 1. The lowest BCUT2D eigenvalue weighted by molar-refractivity contribution is -0.117. The number of alkyl halides is 1. The first-order valence-electron chi connectivity index (χ1n) is 9.94. The van der Waals surface area contributed by atoms with Crippen LogP contribution in [0.15, 0.2) is 24.4 Å². The summed E-state index contributed by atoms with van der Waals surface area (Å²) in [6, 6.07) is 6.51. The van der Waals surface area contributed by atoms with E-state index in [-0.39, 0.29) is 5.91 Å². The van der Waals surface area contributed by atoms with Gasteiger partial charge in [0.05, 0.1) is 25.2 Å². The highest BCUT2D eigenvalue weighted by Crippen LogP contribution is 2.37. The van der Waals surface area contributed by atoms with E-state index in [1.807, 2.05) is 12.1 Å². The van der Waals surface area contributed by atoms with E-state index < -0.39 is 12.1 Å². The van der Waals surface area contributed by atoms with Crippen molar-refractivity contribution in [3.63, 3.8) is 0 Å². The van der Waals surface area contributed by atoms with Gasteiger partial charge < -0.3 is 10.1 Å². The van der Waals surface area contributed by atoms with Crippen LogP contribution in [0.25, 0.3) is 10.8 Å². The second-order valence-electron chi connectivity index (χ2n) is 8.14. The minimum Gasteiger partial charge on any atom is -0.378 e. The monoisotopic (exact) mass is 403 g/mol. The number of benzene rings is 1. The number of nitrogens with zero attached hydrogens (tertiary/aromatic N) is 2. The molecule has 28 heavy (non-hydrogen) atoms. The number of piperidine rings is 1. The lowest BCUT2D eigenvalue weighted by Gasteiger charge is -2.41. The first-order valence-corrected chi connectivity index (χ1v) is 10.3. The highest BCUT2D eigenvalue weighted by molar-refractivity contribution is 6.32. The predicted octanol–water partition coefficient (Wildman–Crippen LogP) is 3.76. The molecule has 2 aliphatic heterocycles. The molecule has 3 aliphatic rings. The molecule has 3 heterocycles. The Morgan fingerprint density at radius 1 is 1.21 bits per heavy atom. The lowest BCUT2D eigenvalue weighted by Crippen LogP contribution is -2.51. The molecule has 1 saturated carbocycles. The van der Waals surface area contributed by atoms with E-state index in [2.05, 4.69) is 21.3 Å². The molecule has 3 fully saturated rings. The van der Waals surface area contributed by atoms with Crippen LogP contribution in [0.3, 0.4) is 0 Å². The molecule has 2 saturated heterocycles. The molecule has 5 rings (SSSR count). The van der Waals surface area contributed by atoms with Gasteiger partial charge in [0.2, 0.25) is 5.91 Å².